The largest absolute Gasteiger partial charge is 0.482 e. The Morgan fingerprint density at radius 2 is 2.28 bits per heavy atom. The van der Waals surface area contributed by atoms with Crippen LogP contribution in [0.2, 0.25) is 0 Å². The smallest absolute Gasteiger partial charge is 0.260 e. The lowest BCUT2D eigenvalue weighted by Gasteiger charge is -2.30. The molecular weight excluding hydrogens is 232 g/mol. The lowest BCUT2D eigenvalue weighted by molar-refractivity contribution is -0.136. The van der Waals surface area contributed by atoms with Crippen molar-refractivity contribution in [2.24, 2.45) is 0 Å². The number of aliphatic hydroxyl groups excluding tert-OH is 1. The summed E-state index contributed by atoms with van der Waals surface area (Å²) in [5.41, 5.74) is 6.23. The minimum atomic E-state index is -0.413. The second kappa shape index (κ2) is 5.73. The van der Waals surface area contributed by atoms with Crippen molar-refractivity contribution in [2.45, 2.75) is 18.9 Å². The van der Waals surface area contributed by atoms with Gasteiger partial charge in [-0.15, -0.1) is 0 Å². The van der Waals surface area contributed by atoms with Crippen LogP contribution >= 0.6 is 0 Å². The number of hydrogen-bond donors (Lipinski definition) is 2. The maximum atomic E-state index is 11.9. The Morgan fingerprint density at radius 3 is 3.00 bits per heavy atom. The van der Waals surface area contributed by atoms with Crippen LogP contribution in [0.5, 0.6) is 5.75 Å². The van der Waals surface area contributed by atoms with Gasteiger partial charge in [-0.2, -0.15) is 0 Å². The molecule has 1 aliphatic heterocycles. The third kappa shape index (κ3) is 3.13. The molecule has 98 valence electrons. The first-order valence-electron chi connectivity index (χ1n) is 6.10. The molecule has 1 aliphatic rings. The third-order valence-corrected chi connectivity index (χ3v) is 3.02. The Labute approximate surface area is 106 Å². The van der Waals surface area contributed by atoms with Crippen molar-refractivity contribution in [1.82, 2.24) is 4.90 Å². The Kier molecular flexibility index (Phi) is 4.04. The number of likely N-dealkylation sites (tertiary alicyclic amines) is 1. The van der Waals surface area contributed by atoms with Crippen LogP contribution in [0, 0.1) is 0 Å². The highest BCUT2D eigenvalue weighted by Crippen LogP contribution is 2.20. The molecule has 1 amide bonds. The van der Waals surface area contributed by atoms with E-state index >= 15 is 0 Å². The molecule has 0 aromatic heterocycles. The predicted molar refractivity (Wildman–Crippen MR) is 68.2 cm³/mol. The maximum Gasteiger partial charge on any atom is 0.260 e. The van der Waals surface area contributed by atoms with E-state index in [0.717, 1.165) is 12.8 Å². The van der Waals surface area contributed by atoms with Crippen molar-refractivity contribution < 1.29 is 14.6 Å². The number of nitrogen functional groups attached to an aromatic ring is 1. The van der Waals surface area contributed by atoms with Gasteiger partial charge in [0.25, 0.3) is 5.91 Å². The zero-order valence-corrected chi connectivity index (χ0v) is 10.2. The van der Waals surface area contributed by atoms with Gasteiger partial charge in [-0.05, 0) is 25.0 Å². The van der Waals surface area contributed by atoms with Crippen LogP contribution in [0.25, 0.3) is 0 Å². The van der Waals surface area contributed by atoms with Crippen molar-refractivity contribution in [3.8, 4) is 5.75 Å². The van der Waals surface area contributed by atoms with E-state index in [9.17, 15) is 9.90 Å². The highest BCUT2D eigenvalue weighted by Gasteiger charge is 2.22. The summed E-state index contributed by atoms with van der Waals surface area (Å²) in [5.74, 6) is 0.403. The lowest BCUT2D eigenvalue weighted by atomic mass is 10.1. The molecular formula is C13H18N2O3. The van der Waals surface area contributed by atoms with Gasteiger partial charge in [0.05, 0.1) is 11.8 Å². The number of hydrogen-bond acceptors (Lipinski definition) is 4. The number of carbonyl (C=O) groups excluding carboxylic acids is 1. The van der Waals surface area contributed by atoms with E-state index in [1.54, 1.807) is 23.1 Å². The minimum Gasteiger partial charge on any atom is -0.482 e. The summed E-state index contributed by atoms with van der Waals surface area (Å²) in [6.45, 7) is 1.04. The van der Waals surface area contributed by atoms with Crippen molar-refractivity contribution in [1.29, 1.82) is 0 Å². The molecule has 2 rings (SSSR count). The van der Waals surface area contributed by atoms with Gasteiger partial charge in [0.2, 0.25) is 0 Å². The summed E-state index contributed by atoms with van der Waals surface area (Å²) in [6, 6.07) is 7.07. The summed E-state index contributed by atoms with van der Waals surface area (Å²) in [5, 5.41) is 9.50. The molecule has 0 radical (unpaired) electrons. The fourth-order valence-electron chi connectivity index (χ4n) is 2.02. The highest BCUT2D eigenvalue weighted by atomic mass is 16.5. The number of anilines is 1. The van der Waals surface area contributed by atoms with E-state index in [1.165, 1.54) is 0 Å². The summed E-state index contributed by atoms with van der Waals surface area (Å²) < 4.78 is 5.39. The van der Waals surface area contributed by atoms with Gasteiger partial charge < -0.3 is 20.5 Å². The summed E-state index contributed by atoms with van der Waals surface area (Å²) in [6.07, 6.45) is 1.18. The number of carbonyl (C=O) groups is 1. The average Bonchev–Trinajstić information content (AvgIpc) is 2.37. The molecule has 0 saturated carbocycles. The van der Waals surface area contributed by atoms with Gasteiger partial charge in [0.15, 0.2) is 6.61 Å². The van der Waals surface area contributed by atoms with Crippen LogP contribution < -0.4 is 10.5 Å². The number of benzene rings is 1. The normalized spacial score (nSPS) is 19.6. The van der Waals surface area contributed by atoms with E-state index in [-0.39, 0.29) is 12.5 Å². The topological polar surface area (TPSA) is 75.8 Å². The third-order valence-electron chi connectivity index (χ3n) is 3.02. The number of nitrogens with zero attached hydrogens (tertiary/aromatic N) is 1. The number of amides is 1. The van der Waals surface area contributed by atoms with E-state index in [2.05, 4.69) is 0 Å². The quantitative estimate of drug-likeness (QED) is 0.772. The Balaban J connectivity index is 1.86. The average molecular weight is 250 g/mol. The zero-order valence-electron chi connectivity index (χ0n) is 10.2. The molecule has 1 atom stereocenters. The molecule has 0 aliphatic carbocycles. The Morgan fingerprint density at radius 1 is 1.50 bits per heavy atom. The molecule has 0 bridgehead atoms. The molecule has 1 saturated heterocycles. The molecule has 0 unspecified atom stereocenters. The van der Waals surface area contributed by atoms with Crippen LogP contribution in [0.1, 0.15) is 12.8 Å². The van der Waals surface area contributed by atoms with Gasteiger partial charge in [-0.3, -0.25) is 4.79 Å². The van der Waals surface area contributed by atoms with Crippen molar-refractivity contribution >= 4 is 11.6 Å². The molecule has 1 aromatic carbocycles. The molecule has 5 heteroatoms. The van der Waals surface area contributed by atoms with E-state index < -0.39 is 6.10 Å². The van der Waals surface area contributed by atoms with Crippen LogP contribution in [0.4, 0.5) is 5.69 Å². The molecule has 1 fully saturated rings. The fourth-order valence-corrected chi connectivity index (χ4v) is 2.02. The van der Waals surface area contributed by atoms with Crippen LogP contribution in [-0.2, 0) is 4.79 Å². The van der Waals surface area contributed by atoms with Gasteiger partial charge in [0.1, 0.15) is 5.75 Å². The summed E-state index contributed by atoms with van der Waals surface area (Å²) in [7, 11) is 0. The molecule has 1 aromatic rings. The SMILES string of the molecule is Nc1ccccc1OCC(=O)N1CCC[C@H](O)C1. The first-order valence-corrected chi connectivity index (χ1v) is 6.10. The number of para-hydroxylation sites is 2. The Hall–Kier alpha value is -1.75. The number of ether oxygens (including phenoxy) is 1. The van der Waals surface area contributed by atoms with Gasteiger partial charge in [0, 0.05) is 13.1 Å². The molecule has 3 N–H and O–H groups in total. The van der Waals surface area contributed by atoms with Gasteiger partial charge in [-0.25, -0.2) is 0 Å². The molecule has 18 heavy (non-hydrogen) atoms. The first kappa shape index (κ1) is 12.7. The summed E-state index contributed by atoms with van der Waals surface area (Å²) in [4.78, 5) is 13.5. The first-order chi connectivity index (χ1) is 8.66. The standard InChI is InChI=1S/C13H18N2O3/c14-11-5-1-2-6-12(11)18-9-13(17)15-7-3-4-10(16)8-15/h1-2,5-6,10,16H,3-4,7-9,14H2/t10-/m0/s1. The Bertz CT molecular complexity index is 422. The second-order valence-electron chi connectivity index (χ2n) is 4.46. The van der Waals surface area contributed by atoms with E-state index in [1.807, 2.05) is 6.07 Å². The molecule has 5 nitrogen and oxygen atoms in total. The van der Waals surface area contributed by atoms with Crippen LogP contribution in [-0.4, -0.2) is 41.7 Å². The van der Waals surface area contributed by atoms with Crippen molar-refractivity contribution in [2.75, 3.05) is 25.4 Å². The van der Waals surface area contributed by atoms with Gasteiger partial charge >= 0.3 is 0 Å². The lowest BCUT2D eigenvalue weighted by Crippen LogP contribution is -2.44. The molecule has 1 heterocycles. The molecule has 0 spiro atoms. The monoisotopic (exact) mass is 250 g/mol. The minimum absolute atomic E-state index is 0.0407. The van der Waals surface area contributed by atoms with Crippen molar-refractivity contribution in [3.05, 3.63) is 24.3 Å². The fraction of sp³-hybridized carbons (Fsp3) is 0.462. The number of β-amino-alcohol motifs (C(OH)–C–C–N with tert-alkyl or cyclic N) is 1. The van der Waals surface area contributed by atoms with Crippen molar-refractivity contribution in [3.63, 3.8) is 0 Å². The number of aliphatic hydroxyl groups is 1. The number of piperidine rings is 1. The summed E-state index contributed by atoms with van der Waals surface area (Å²) >= 11 is 0. The van der Waals surface area contributed by atoms with Gasteiger partial charge in [-0.1, -0.05) is 12.1 Å². The second-order valence-corrected chi connectivity index (χ2v) is 4.46. The number of rotatable bonds is 3. The van der Waals surface area contributed by atoms with E-state index in [4.69, 9.17) is 10.5 Å². The predicted octanol–water partition coefficient (Wildman–Crippen LogP) is 0.631. The van der Waals surface area contributed by atoms with Crippen LogP contribution in [0.15, 0.2) is 24.3 Å². The highest BCUT2D eigenvalue weighted by molar-refractivity contribution is 5.78. The zero-order chi connectivity index (χ0) is 13.0. The maximum absolute atomic E-state index is 11.9. The van der Waals surface area contributed by atoms with E-state index in [0.29, 0.717) is 24.5 Å². The number of nitrogens with two attached hydrogens (primary N) is 1. The van der Waals surface area contributed by atoms with Crippen LogP contribution in [0.3, 0.4) is 0 Å².